The molecule has 3 aromatic carbocycles. The van der Waals surface area contributed by atoms with Gasteiger partial charge in [-0.25, -0.2) is 8.42 Å². The van der Waals surface area contributed by atoms with Gasteiger partial charge in [0, 0.05) is 25.2 Å². The lowest BCUT2D eigenvalue weighted by Crippen LogP contribution is -2.61. The second kappa shape index (κ2) is 26.7. The Morgan fingerprint density at radius 2 is 1.24 bits per heavy atom. The number of carbonyl (C=O) groups excluding carboxylic acids is 7. The van der Waals surface area contributed by atoms with Gasteiger partial charge in [-0.15, -0.1) is 0 Å². The van der Waals surface area contributed by atoms with Gasteiger partial charge in [-0.3, -0.25) is 33.6 Å². The van der Waals surface area contributed by atoms with Crippen LogP contribution in [-0.4, -0.2) is 134 Å². The van der Waals surface area contributed by atoms with Gasteiger partial charge in [0.05, 0.1) is 41.5 Å². The fourth-order valence-corrected chi connectivity index (χ4v) is 8.64. The first kappa shape index (κ1) is 58.7. The molecule has 2 aliphatic rings. The van der Waals surface area contributed by atoms with E-state index in [0.717, 1.165) is 16.7 Å². The quantitative estimate of drug-likeness (QED) is 0.0248. The Bertz CT molecular complexity index is 2470. The van der Waals surface area contributed by atoms with Crippen LogP contribution < -0.4 is 26.0 Å². The summed E-state index contributed by atoms with van der Waals surface area (Å²) in [6.45, 7) is 16.3. The number of Topliss-reactive ketones (excluding diaryl/α,β-unsaturated/α-hetero) is 2. The van der Waals surface area contributed by atoms with E-state index >= 15 is 0 Å². The Morgan fingerprint density at radius 3 is 1.76 bits per heavy atom. The summed E-state index contributed by atoms with van der Waals surface area (Å²) < 4.78 is 44.1. The zero-order valence-electron chi connectivity index (χ0n) is 43.0. The molecule has 4 amide bonds. The third kappa shape index (κ3) is 19.6. The molecule has 0 aromatic heterocycles. The van der Waals surface area contributed by atoms with E-state index in [2.05, 4.69) is 21.3 Å². The number of amides is 4. The molecule has 19 heteroatoms. The van der Waals surface area contributed by atoms with Crippen LogP contribution in [0.5, 0.6) is 5.75 Å². The van der Waals surface area contributed by atoms with Crippen molar-refractivity contribution in [1.29, 1.82) is 0 Å². The van der Waals surface area contributed by atoms with E-state index in [0.29, 0.717) is 57.5 Å². The molecular formula is C53H73N5O13S. The van der Waals surface area contributed by atoms with Crippen LogP contribution in [-0.2, 0) is 67.7 Å². The molecule has 2 fully saturated rings. The Morgan fingerprint density at radius 1 is 0.736 bits per heavy atom. The van der Waals surface area contributed by atoms with Gasteiger partial charge in [0.2, 0.25) is 17.7 Å². The summed E-state index contributed by atoms with van der Waals surface area (Å²) in [7, 11) is -3.92. The number of nitrogens with one attached hydrogen (secondary N) is 4. The molecule has 0 bridgehead atoms. The van der Waals surface area contributed by atoms with Gasteiger partial charge in [-0.2, -0.15) is 0 Å². The largest absolute Gasteiger partial charge is 0.748 e. The minimum absolute atomic E-state index is 0.00358. The molecule has 4 unspecified atom stereocenters. The lowest BCUT2D eigenvalue weighted by molar-refractivity contribution is -0.940. The second-order valence-corrected chi connectivity index (χ2v) is 21.4. The van der Waals surface area contributed by atoms with Crippen molar-refractivity contribution in [3.05, 3.63) is 101 Å². The highest BCUT2D eigenvalue weighted by atomic mass is 32.2. The summed E-state index contributed by atoms with van der Waals surface area (Å²) in [6, 6.07) is 18.4. The molecule has 3 aromatic rings. The average Bonchev–Trinajstić information content (AvgIpc) is 4.05. The van der Waals surface area contributed by atoms with Crippen LogP contribution >= 0.6 is 0 Å². The van der Waals surface area contributed by atoms with Crippen LogP contribution in [0, 0.1) is 18.8 Å². The summed E-state index contributed by atoms with van der Waals surface area (Å²) in [5, 5.41) is 11.8. The van der Waals surface area contributed by atoms with E-state index in [-0.39, 0.29) is 77.5 Å². The van der Waals surface area contributed by atoms with Crippen LogP contribution in [0.15, 0.2) is 72.8 Å². The number of hydrogen-bond donors (Lipinski definition) is 4. The molecule has 0 saturated carbocycles. The molecule has 4 N–H and O–H groups in total. The number of ether oxygens (including phenoxy) is 3. The van der Waals surface area contributed by atoms with Crippen molar-refractivity contribution in [1.82, 2.24) is 21.3 Å². The zero-order chi connectivity index (χ0) is 53.4. The summed E-state index contributed by atoms with van der Waals surface area (Å²) >= 11 is 0. The first-order chi connectivity index (χ1) is 33.8. The number of aryl methyl sites for hydroxylation is 2. The molecule has 18 nitrogen and oxygen atoms in total. The van der Waals surface area contributed by atoms with E-state index in [4.69, 9.17) is 27.2 Å². The van der Waals surface area contributed by atoms with Gasteiger partial charge < -0.3 is 44.5 Å². The second-order valence-electron chi connectivity index (χ2n) is 20.0. The van der Waals surface area contributed by atoms with Crippen LogP contribution in [0.4, 0.5) is 0 Å². The molecular weight excluding hydrogens is 947 g/mol. The highest BCUT2D eigenvalue weighted by Gasteiger charge is 2.50. The third-order valence-electron chi connectivity index (χ3n) is 12.3. The standard InChI is InChI=1S/C52H69N5O10.CH4O3S/c1-33(2)25-43(48(61)52(8)32-66-52)54-51(64)45(29-39-17-13-10-14-18-39)56-50(63)44(26-34(3)4)55-49(62)42(20-19-38-15-11-9-12-16-38)53-46(60)31-57(21-23-65-24-22-57)30-40-27-35(5)47(67-37(7)59)41(28-40)36(6)58;1-5(2,3)4/h9-18,27-28,33-34,42-45H,19-26,29-32H2,1-8H3,(H3-,53,54,55,56,60,62,63,64);1H3,(H,2,3,4)/t42?,43?,44?,45?,52-;/m1./s1. The lowest BCUT2D eigenvalue weighted by atomic mass is 9.93. The fourth-order valence-electron chi connectivity index (χ4n) is 8.64. The zero-order valence-corrected chi connectivity index (χ0v) is 43.9. The summed E-state index contributed by atoms with van der Waals surface area (Å²) in [5.74, 6) is -2.82. The van der Waals surface area contributed by atoms with Crippen molar-refractivity contribution < 1.29 is 65.2 Å². The van der Waals surface area contributed by atoms with E-state index in [1.165, 1.54) is 13.8 Å². The van der Waals surface area contributed by atoms with Gasteiger partial charge in [-0.1, -0.05) is 88.4 Å². The van der Waals surface area contributed by atoms with Gasteiger partial charge in [0.15, 0.2) is 18.1 Å². The van der Waals surface area contributed by atoms with E-state index in [9.17, 15) is 33.6 Å². The fraction of sp³-hybridized carbons (Fsp3) is 0.528. The molecule has 0 aliphatic carbocycles. The molecule has 0 radical (unpaired) electrons. The number of quaternary nitrogens is 1. The van der Waals surface area contributed by atoms with E-state index in [1.54, 1.807) is 19.9 Å². The van der Waals surface area contributed by atoms with Crippen LogP contribution in [0.25, 0.3) is 0 Å². The van der Waals surface area contributed by atoms with Gasteiger partial charge in [0.1, 0.15) is 49.1 Å². The number of esters is 1. The number of carbonyl (C=O) groups is 7. The Balaban J connectivity index is 0.00000214. The highest BCUT2D eigenvalue weighted by molar-refractivity contribution is 7.84. The van der Waals surface area contributed by atoms with Gasteiger partial charge >= 0.3 is 5.97 Å². The summed E-state index contributed by atoms with van der Waals surface area (Å²) in [5.41, 5.74) is 2.45. The van der Waals surface area contributed by atoms with Crippen molar-refractivity contribution in [2.24, 2.45) is 11.8 Å². The highest BCUT2D eigenvalue weighted by Crippen LogP contribution is 2.31. The predicted molar refractivity (Wildman–Crippen MR) is 268 cm³/mol. The molecule has 5 atom stereocenters. The monoisotopic (exact) mass is 1020 g/mol. The topological polar surface area (TPSA) is 256 Å². The lowest BCUT2D eigenvalue weighted by Gasteiger charge is -2.41. The van der Waals surface area contributed by atoms with Crippen molar-refractivity contribution in [2.45, 2.75) is 124 Å². The van der Waals surface area contributed by atoms with Crippen molar-refractivity contribution in [3.8, 4) is 5.75 Å². The molecule has 2 heterocycles. The predicted octanol–water partition coefficient (Wildman–Crippen LogP) is 3.90. The number of rotatable bonds is 24. The maximum atomic E-state index is 14.5. The minimum atomic E-state index is -3.92. The van der Waals surface area contributed by atoms with Crippen LogP contribution in [0.1, 0.15) is 100 Å². The Kier molecular flexibility index (Phi) is 21.8. The number of ketones is 2. The number of morpholine rings is 1. The minimum Gasteiger partial charge on any atom is -0.748 e. The third-order valence-corrected chi connectivity index (χ3v) is 12.3. The number of benzene rings is 3. The Labute approximate surface area is 424 Å². The maximum absolute atomic E-state index is 14.5. The van der Waals surface area contributed by atoms with Crippen LogP contribution in [0.3, 0.4) is 0 Å². The van der Waals surface area contributed by atoms with E-state index in [1.807, 2.05) is 94.4 Å². The number of nitrogens with zero attached hydrogens (tertiary/aromatic N) is 1. The van der Waals surface area contributed by atoms with Gasteiger partial charge in [0.25, 0.3) is 5.91 Å². The molecule has 2 aliphatic heterocycles. The number of hydrogen-bond acceptors (Lipinski definition) is 13. The number of epoxide rings is 1. The first-order valence-corrected chi connectivity index (χ1v) is 26.2. The summed E-state index contributed by atoms with van der Waals surface area (Å²) in [4.78, 5) is 95.5. The van der Waals surface area contributed by atoms with Crippen molar-refractivity contribution in [3.63, 3.8) is 0 Å². The van der Waals surface area contributed by atoms with Crippen molar-refractivity contribution in [2.75, 3.05) is 45.7 Å². The van der Waals surface area contributed by atoms with Crippen molar-refractivity contribution >= 4 is 51.3 Å². The molecule has 5 rings (SSSR count). The van der Waals surface area contributed by atoms with Gasteiger partial charge in [-0.05, 0) is 87.1 Å². The molecule has 72 heavy (non-hydrogen) atoms. The smallest absolute Gasteiger partial charge is 0.308 e. The van der Waals surface area contributed by atoms with E-state index < -0.39 is 63.6 Å². The summed E-state index contributed by atoms with van der Waals surface area (Å²) in [6.07, 6.45) is 2.04. The average molecular weight is 1020 g/mol. The molecule has 2 saturated heterocycles. The molecule has 0 spiro atoms. The Hall–Kier alpha value is -5.86. The normalized spacial score (nSPS) is 17.7. The molecule has 394 valence electrons. The maximum Gasteiger partial charge on any atom is 0.308 e. The first-order valence-electron chi connectivity index (χ1n) is 24.4. The SMILES string of the molecule is CC(=O)Oc1c(C)cc(C[N+]2(CC(=O)NC(CCc3ccccc3)C(=O)NC(CC(C)C)C(=O)NC(Cc3ccccc3)C(=O)NC(CC(C)C)C(=O)[C@@]3(C)CO3)CCOCC2)cc1C(C)=O.CS(=O)(=O)[O-]. The van der Waals surface area contributed by atoms with Crippen LogP contribution in [0.2, 0.25) is 0 Å².